The summed E-state index contributed by atoms with van der Waals surface area (Å²) in [6.45, 7) is 16.9. The molecule has 0 aromatic heterocycles. The number of fused-ring (bicyclic) bond motifs is 1. The zero-order chi connectivity index (χ0) is 26.6. The normalized spacial score (nSPS) is 17.1. The van der Waals surface area contributed by atoms with E-state index in [-0.39, 0.29) is 46.9 Å². The maximum atomic E-state index is 13.2. The molecule has 1 aromatic rings. The van der Waals surface area contributed by atoms with Gasteiger partial charge in [-0.1, -0.05) is 92.3 Å². The lowest BCUT2D eigenvalue weighted by Crippen LogP contribution is -2.30. The molecule has 198 valence electrons. The first-order valence-corrected chi connectivity index (χ1v) is 14.2. The third-order valence-electron chi connectivity index (χ3n) is 7.31. The Labute approximate surface area is 215 Å². The van der Waals surface area contributed by atoms with E-state index in [1.54, 1.807) is 0 Å². The number of carbonyl (C=O) groups is 3. The number of Topliss-reactive ketones (excluding diaryl/α,β-unsaturated/α-hetero) is 3. The molecule has 0 aliphatic heterocycles. The zero-order valence-electron chi connectivity index (χ0n) is 24.0. The van der Waals surface area contributed by atoms with Crippen LogP contribution < -0.4 is 0 Å². The molecule has 0 amide bonds. The summed E-state index contributed by atoms with van der Waals surface area (Å²) in [5.41, 5.74) is 3.11. The molecule has 0 saturated heterocycles. The van der Waals surface area contributed by atoms with Gasteiger partial charge in [-0.15, -0.1) is 0 Å². The number of hydrogen-bond acceptors (Lipinski definition) is 3. The maximum absolute atomic E-state index is 13.2. The monoisotopic (exact) mass is 484 g/mol. The van der Waals surface area contributed by atoms with Crippen molar-refractivity contribution in [3.8, 4) is 0 Å². The number of carbonyl (C=O) groups excluding carboxylic acids is 3. The van der Waals surface area contributed by atoms with Crippen LogP contribution in [0.1, 0.15) is 134 Å². The minimum absolute atomic E-state index is 0.0371. The summed E-state index contributed by atoms with van der Waals surface area (Å²) in [5, 5.41) is 0. The summed E-state index contributed by atoms with van der Waals surface area (Å²) < 4.78 is 0. The number of hydrogen-bond donors (Lipinski definition) is 0. The van der Waals surface area contributed by atoms with Crippen molar-refractivity contribution in [3.05, 3.63) is 34.9 Å². The van der Waals surface area contributed by atoms with Crippen LogP contribution in [0.2, 0.25) is 0 Å². The Morgan fingerprint density at radius 3 is 2.26 bits per heavy atom. The van der Waals surface area contributed by atoms with Gasteiger partial charge in [0.25, 0.3) is 0 Å². The van der Waals surface area contributed by atoms with E-state index in [9.17, 15) is 14.4 Å². The lowest BCUT2D eigenvalue weighted by atomic mass is 9.72. The fourth-order valence-electron chi connectivity index (χ4n) is 6.00. The first-order valence-electron chi connectivity index (χ1n) is 14.2. The third-order valence-corrected chi connectivity index (χ3v) is 7.31. The van der Waals surface area contributed by atoms with Crippen molar-refractivity contribution < 1.29 is 14.4 Å². The van der Waals surface area contributed by atoms with E-state index in [0.29, 0.717) is 12.8 Å². The van der Waals surface area contributed by atoms with E-state index < -0.39 is 0 Å². The van der Waals surface area contributed by atoms with Crippen LogP contribution in [-0.2, 0) is 16.0 Å². The second-order valence-electron chi connectivity index (χ2n) is 11.6. The molecule has 1 aliphatic rings. The average Bonchev–Trinajstić information content (AvgIpc) is 2.74. The highest BCUT2D eigenvalue weighted by atomic mass is 16.1. The summed E-state index contributed by atoms with van der Waals surface area (Å²) in [5.74, 6) is 0.896. The summed E-state index contributed by atoms with van der Waals surface area (Å²) >= 11 is 0. The predicted molar refractivity (Wildman–Crippen MR) is 148 cm³/mol. The van der Waals surface area contributed by atoms with Gasteiger partial charge in [0.05, 0.1) is 6.42 Å². The van der Waals surface area contributed by atoms with Crippen molar-refractivity contribution >= 4 is 17.3 Å². The molecule has 3 unspecified atom stereocenters. The Balaban J connectivity index is 0.00000194. The van der Waals surface area contributed by atoms with Gasteiger partial charge in [0.1, 0.15) is 11.6 Å². The standard InChI is InChI=1S/C29H44O3.C3H8/c1-7-11-22(15-21-16-23-13-10-12-20(4)28(23)27(32)17-21)25(9-3)26(31)18-24(30)19-29(5,6)14-8-2;1-3-2/h10,12-13,21-22,25H,7-9,11,14-19H2,1-6H3;3H2,1-2H3. The second kappa shape index (κ2) is 15.4. The third kappa shape index (κ3) is 10.0. The summed E-state index contributed by atoms with van der Waals surface area (Å²) in [4.78, 5) is 38.7. The highest BCUT2D eigenvalue weighted by molar-refractivity contribution is 6.01. The van der Waals surface area contributed by atoms with Crippen molar-refractivity contribution in [2.75, 3.05) is 0 Å². The predicted octanol–water partition coefficient (Wildman–Crippen LogP) is 8.73. The van der Waals surface area contributed by atoms with Gasteiger partial charge in [0.15, 0.2) is 5.78 Å². The molecular weight excluding hydrogens is 432 g/mol. The van der Waals surface area contributed by atoms with Crippen LogP contribution in [0.5, 0.6) is 0 Å². The van der Waals surface area contributed by atoms with Gasteiger partial charge in [0, 0.05) is 24.3 Å². The van der Waals surface area contributed by atoms with E-state index in [1.807, 2.05) is 19.1 Å². The Morgan fingerprint density at radius 1 is 1.03 bits per heavy atom. The van der Waals surface area contributed by atoms with Gasteiger partial charge in [-0.2, -0.15) is 0 Å². The summed E-state index contributed by atoms with van der Waals surface area (Å²) in [6, 6.07) is 6.14. The Morgan fingerprint density at radius 2 is 1.69 bits per heavy atom. The molecule has 35 heavy (non-hydrogen) atoms. The van der Waals surface area contributed by atoms with Crippen molar-refractivity contribution in [1.29, 1.82) is 0 Å². The van der Waals surface area contributed by atoms with Crippen molar-refractivity contribution in [2.45, 2.75) is 126 Å². The van der Waals surface area contributed by atoms with Gasteiger partial charge in [-0.25, -0.2) is 0 Å². The molecule has 3 nitrogen and oxygen atoms in total. The Hall–Kier alpha value is -1.77. The molecule has 0 bridgehead atoms. The van der Waals surface area contributed by atoms with Crippen molar-refractivity contribution in [1.82, 2.24) is 0 Å². The maximum Gasteiger partial charge on any atom is 0.163 e. The van der Waals surface area contributed by atoms with E-state index in [0.717, 1.165) is 61.6 Å². The van der Waals surface area contributed by atoms with Crippen LogP contribution >= 0.6 is 0 Å². The Bertz CT molecular complexity index is 820. The van der Waals surface area contributed by atoms with Crippen LogP contribution in [0, 0.1) is 30.1 Å². The molecule has 3 atom stereocenters. The molecule has 1 aromatic carbocycles. The summed E-state index contributed by atoms with van der Waals surface area (Å²) in [6.07, 6.45) is 8.99. The number of aryl methyl sites for hydroxylation is 1. The Kier molecular flexibility index (Phi) is 13.7. The van der Waals surface area contributed by atoms with Crippen LogP contribution in [0.25, 0.3) is 0 Å². The van der Waals surface area contributed by atoms with E-state index in [4.69, 9.17) is 0 Å². The molecule has 0 fully saturated rings. The number of ketones is 3. The van der Waals surface area contributed by atoms with Gasteiger partial charge in [0.2, 0.25) is 0 Å². The van der Waals surface area contributed by atoms with Crippen LogP contribution in [0.3, 0.4) is 0 Å². The molecular formula is C32H52O3. The van der Waals surface area contributed by atoms with Gasteiger partial charge in [-0.05, 0) is 61.0 Å². The number of benzene rings is 1. The quantitative estimate of drug-likeness (QED) is 0.263. The lowest BCUT2D eigenvalue weighted by Gasteiger charge is -2.32. The van der Waals surface area contributed by atoms with Gasteiger partial charge in [-0.3, -0.25) is 14.4 Å². The first-order chi connectivity index (χ1) is 16.5. The second-order valence-corrected chi connectivity index (χ2v) is 11.6. The highest BCUT2D eigenvalue weighted by Gasteiger charge is 2.33. The molecule has 1 aliphatic carbocycles. The van der Waals surface area contributed by atoms with Crippen molar-refractivity contribution in [3.63, 3.8) is 0 Å². The molecule has 3 heteroatoms. The molecule has 2 rings (SSSR count). The van der Waals surface area contributed by atoms with Crippen LogP contribution in [-0.4, -0.2) is 17.3 Å². The molecule has 0 heterocycles. The molecule has 0 N–H and O–H groups in total. The fraction of sp³-hybridized carbons (Fsp3) is 0.719. The van der Waals surface area contributed by atoms with E-state index in [1.165, 1.54) is 6.42 Å². The molecule has 0 radical (unpaired) electrons. The first kappa shape index (κ1) is 31.3. The summed E-state index contributed by atoms with van der Waals surface area (Å²) in [7, 11) is 0. The number of rotatable bonds is 13. The molecule has 0 spiro atoms. The molecule has 0 saturated carbocycles. The SMILES string of the molecule is CCC.CCCC(CC1CC(=O)c2c(C)cccc2C1)C(CC)C(=O)CC(=O)CC(C)(C)CCC. The van der Waals surface area contributed by atoms with Crippen LogP contribution in [0.4, 0.5) is 0 Å². The zero-order valence-corrected chi connectivity index (χ0v) is 24.0. The minimum Gasteiger partial charge on any atom is -0.299 e. The smallest absolute Gasteiger partial charge is 0.163 e. The fourth-order valence-corrected chi connectivity index (χ4v) is 6.00. The van der Waals surface area contributed by atoms with E-state index >= 15 is 0 Å². The average molecular weight is 485 g/mol. The van der Waals surface area contributed by atoms with Crippen LogP contribution in [0.15, 0.2) is 18.2 Å². The van der Waals surface area contributed by atoms with Gasteiger partial charge >= 0.3 is 0 Å². The van der Waals surface area contributed by atoms with Gasteiger partial charge < -0.3 is 0 Å². The topological polar surface area (TPSA) is 51.2 Å². The van der Waals surface area contributed by atoms with E-state index in [2.05, 4.69) is 54.5 Å². The van der Waals surface area contributed by atoms with Crippen molar-refractivity contribution in [2.24, 2.45) is 23.2 Å². The largest absolute Gasteiger partial charge is 0.299 e. The lowest BCUT2D eigenvalue weighted by molar-refractivity contribution is -0.131. The highest BCUT2D eigenvalue weighted by Crippen LogP contribution is 2.36. The minimum atomic E-state index is -0.0813.